The van der Waals surface area contributed by atoms with Crippen molar-refractivity contribution in [3.05, 3.63) is 5.82 Å². The van der Waals surface area contributed by atoms with E-state index in [0.717, 1.165) is 43.7 Å². The lowest BCUT2D eigenvalue weighted by molar-refractivity contribution is 0.399. The molecule has 2 heterocycles. The average molecular weight is 293 g/mol. The molecule has 2 N–H and O–H groups in total. The van der Waals surface area contributed by atoms with Gasteiger partial charge in [-0.05, 0) is 38.8 Å². The number of nitrogens with one attached hydrogen (secondary N) is 2. The van der Waals surface area contributed by atoms with Gasteiger partial charge in [-0.2, -0.15) is 4.98 Å². The summed E-state index contributed by atoms with van der Waals surface area (Å²) in [6.07, 6.45) is 10.1. The maximum atomic E-state index is 4.69. The Labute approximate surface area is 128 Å². The molecule has 2 rings (SSSR count). The third-order valence-corrected chi connectivity index (χ3v) is 4.33. The van der Waals surface area contributed by atoms with Crippen molar-refractivity contribution in [2.75, 3.05) is 31.6 Å². The Hall–Kier alpha value is -1.10. The van der Waals surface area contributed by atoms with E-state index in [9.17, 15) is 0 Å². The van der Waals surface area contributed by atoms with Crippen molar-refractivity contribution in [1.82, 2.24) is 20.5 Å². The van der Waals surface area contributed by atoms with Crippen LogP contribution in [0.15, 0.2) is 0 Å². The van der Waals surface area contributed by atoms with Gasteiger partial charge in [-0.1, -0.05) is 32.6 Å². The number of nitrogens with zero attached hydrogens (tertiary/aromatic N) is 3. The molecule has 1 aliphatic heterocycles. The Morgan fingerprint density at radius 2 is 2.14 bits per heavy atom. The van der Waals surface area contributed by atoms with Crippen molar-refractivity contribution in [3.63, 3.8) is 0 Å². The highest BCUT2D eigenvalue weighted by Gasteiger charge is 2.22. The summed E-state index contributed by atoms with van der Waals surface area (Å²) < 4.78 is 0. The van der Waals surface area contributed by atoms with E-state index in [-0.39, 0.29) is 0 Å². The minimum atomic E-state index is 0.722. The Kier molecular flexibility index (Phi) is 7.00. The minimum Gasteiger partial charge on any atom is -0.339 e. The first-order chi connectivity index (χ1) is 10.3. The summed E-state index contributed by atoms with van der Waals surface area (Å²) in [5, 5.41) is 10.8. The van der Waals surface area contributed by atoms with Gasteiger partial charge in [0, 0.05) is 19.5 Å². The molecular formula is C16H31N5. The second-order valence-electron chi connectivity index (χ2n) is 6.26. The van der Waals surface area contributed by atoms with Crippen molar-refractivity contribution in [1.29, 1.82) is 0 Å². The number of aromatic amines is 1. The van der Waals surface area contributed by atoms with Crippen molar-refractivity contribution in [3.8, 4) is 0 Å². The maximum absolute atomic E-state index is 4.69. The third-order valence-electron chi connectivity index (χ3n) is 4.33. The van der Waals surface area contributed by atoms with Crippen LogP contribution in [0.1, 0.15) is 57.7 Å². The molecule has 1 unspecified atom stereocenters. The molecule has 0 bridgehead atoms. The highest BCUT2D eigenvalue weighted by Crippen LogP contribution is 2.20. The third kappa shape index (κ3) is 5.30. The minimum absolute atomic E-state index is 0.722. The summed E-state index contributed by atoms with van der Waals surface area (Å²) in [6.45, 7) is 5.51. The van der Waals surface area contributed by atoms with Gasteiger partial charge in [-0.3, -0.25) is 5.10 Å². The number of anilines is 1. The van der Waals surface area contributed by atoms with Crippen molar-refractivity contribution >= 4 is 5.95 Å². The van der Waals surface area contributed by atoms with Crippen LogP contribution in [0.2, 0.25) is 0 Å². The molecule has 1 atom stereocenters. The van der Waals surface area contributed by atoms with Gasteiger partial charge < -0.3 is 10.2 Å². The summed E-state index contributed by atoms with van der Waals surface area (Å²) in [5.74, 6) is 2.68. The molecule has 0 saturated carbocycles. The number of unbranched alkanes of at least 4 members (excludes halogenated alkanes) is 4. The summed E-state index contributed by atoms with van der Waals surface area (Å²) in [6, 6.07) is 0. The molecule has 1 fully saturated rings. The predicted octanol–water partition coefficient (Wildman–Crippen LogP) is 2.75. The lowest BCUT2D eigenvalue weighted by atomic mass is 9.98. The second-order valence-corrected chi connectivity index (χ2v) is 6.26. The van der Waals surface area contributed by atoms with Gasteiger partial charge in [0.05, 0.1) is 0 Å². The second kappa shape index (κ2) is 9.03. The van der Waals surface area contributed by atoms with E-state index in [1.807, 2.05) is 7.05 Å². The zero-order valence-electron chi connectivity index (χ0n) is 13.7. The highest BCUT2D eigenvalue weighted by molar-refractivity contribution is 5.29. The van der Waals surface area contributed by atoms with Crippen molar-refractivity contribution < 1.29 is 0 Å². The van der Waals surface area contributed by atoms with Crippen LogP contribution in [0.25, 0.3) is 0 Å². The van der Waals surface area contributed by atoms with Crippen LogP contribution < -0.4 is 10.2 Å². The van der Waals surface area contributed by atoms with Crippen LogP contribution in [-0.2, 0) is 6.42 Å². The predicted molar refractivity (Wildman–Crippen MR) is 87.7 cm³/mol. The number of rotatable bonds is 9. The first kappa shape index (κ1) is 16.3. The average Bonchev–Trinajstić information content (AvgIpc) is 2.97. The lowest BCUT2D eigenvalue weighted by Gasteiger charge is -2.31. The molecule has 0 spiro atoms. The lowest BCUT2D eigenvalue weighted by Crippen LogP contribution is -2.39. The standard InChI is InChI=1S/C16H31N5/c1-3-4-5-6-7-10-15-18-16(20-19-15)21-11-8-9-14(13-21)12-17-2/h14,17H,3-13H2,1-2H3,(H,18,19,20). The number of hydrogen-bond donors (Lipinski definition) is 2. The molecule has 1 saturated heterocycles. The highest BCUT2D eigenvalue weighted by atomic mass is 15.4. The molecule has 5 nitrogen and oxygen atoms in total. The molecule has 0 radical (unpaired) electrons. The van der Waals surface area contributed by atoms with Gasteiger partial charge in [0.15, 0.2) is 0 Å². The number of H-pyrrole nitrogens is 1. The molecule has 1 aromatic rings. The fourth-order valence-corrected chi connectivity index (χ4v) is 3.14. The zero-order chi connectivity index (χ0) is 14.9. The van der Waals surface area contributed by atoms with Gasteiger partial charge in [-0.15, -0.1) is 5.10 Å². The first-order valence-electron chi connectivity index (χ1n) is 8.64. The quantitative estimate of drug-likeness (QED) is 0.687. The summed E-state index contributed by atoms with van der Waals surface area (Å²) in [7, 11) is 2.03. The molecule has 0 amide bonds. The normalized spacial score (nSPS) is 19.1. The van der Waals surface area contributed by atoms with Crippen LogP contribution in [0.4, 0.5) is 5.95 Å². The SMILES string of the molecule is CCCCCCCc1nc(N2CCCC(CNC)C2)n[nH]1. The van der Waals surface area contributed by atoms with Crippen LogP contribution in [-0.4, -0.2) is 41.9 Å². The van der Waals surface area contributed by atoms with Crippen LogP contribution >= 0.6 is 0 Å². The number of piperidine rings is 1. The van der Waals surface area contributed by atoms with Gasteiger partial charge in [0.1, 0.15) is 5.82 Å². The van der Waals surface area contributed by atoms with Gasteiger partial charge >= 0.3 is 0 Å². The van der Waals surface area contributed by atoms with Crippen molar-refractivity contribution in [2.24, 2.45) is 5.92 Å². The topological polar surface area (TPSA) is 56.8 Å². The van der Waals surface area contributed by atoms with E-state index in [1.54, 1.807) is 0 Å². The largest absolute Gasteiger partial charge is 0.339 e. The molecule has 120 valence electrons. The van der Waals surface area contributed by atoms with Crippen molar-refractivity contribution in [2.45, 2.75) is 58.3 Å². The van der Waals surface area contributed by atoms with E-state index in [2.05, 4.69) is 32.3 Å². The van der Waals surface area contributed by atoms with E-state index in [4.69, 9.17) is 0 Å². The number of aromatic nitrogens is 3. The summed E-state index contributed by atoms with van der Waals surface area (Å²) in [5.41, 5.74) is 0. The fraction of sp³-hybridized carbons (Fsp3) is 0.875. The molecule has 5 heteroatoms. The monoisotopic (exact) mass is 293 g/mol. The number of aryl methyl sites for hydroxylation is 1. The van der Waals surface area contributed by atoms with Gasteiger partial charge in [0.25, 0.3) is 0 Å². The Morgan fingerprint density at radius 1 is 1.29 bits per heavy atom. The smallest absolute Gasteiger partial charge is 0.244 e. The zero-order valence-corrected chi connectivity index (χ0v) is 13.7. The van der Waals surface area contributed by atoms with Gasteiger partial charge in [-0.25, -0.2) is 0 Å². The molecule has 1 aromatic heterocycles. The molecular weight excluding hydrogens is 262 g/mol. The fourth-order valence-electron chi connectivity index (χ4n) is 3.14. The molecule has 0 aliphatic carbocycles. The van der Waals surface area contributed by atoms with E-state index < -0.39 is 0 Å². The molecule has 21 heavy (non-hydrogen) atoms. The van der Waals surface area contributed by atoms with E-state index in [0.29, 0.717) is 0 Å². The number of hydrogen-bond acceptors (Lipinski definition) is 4. The first-order valence-corrected chi connectivity index (χ1v) is 8.64. The summed E-state index contributed by atoms with van der Waals surface area (Å²) >= 11 is 0. The van der Waals surface area contributed by atoms with Crippen LogP contribution in [0, 0.1) is 5.92 Å². The molecule has 0 aromatic carbocycles. The van der Waals surface area contributed by atoms with Gasteiger partial charge in [0.2, 0.25) is 5.95 Å². The van der Waals surface area contributed by atoms with Crippen LogP contribution in [0.5, 0.6) is 0 Å². The van der Waals surface area contributed by atoms with E-state index in [1.165, 1.54) is 44.9 Å². The van der Waals surface area contributed by atoms with E-state index >= 15 is 0 Å². The Morgan fingerprint density at radius 3 is 2.95 bits per heavy atom. The summed E-state index contributed by atoms with van der Waals surface area (Å²) in [4.78, 5) is 7.02. The Bertz CT molecular complexity index is 388. The maximum Gasteiger partial charge on any atom is 0.244 e. The molecule has 1 aliphatic rings. The Balaban J connectivity index is 1.76. The van der Waals surface area contributed by atoms with Crippen LogP contribution in [0.3, 0.4) is 0 Å².